The van der Waals surface area contributed by atoms with Gasteiger partial charge in [-0.1, -0.05) is 48.0 Å². The Morgan fingerprint density at radius 3 is 2.56 bits per heavy atom. The molecule has 1 amide bonds. The van der Waals surface area contributed by atoms with Crippen molar-refractivity contribution in [3.63, 3.8) is 0 Å². The SMILES string of the molecule is CCOC(=O)C1CCCN(C(=O)Cn2cc(S(=O)(=O)Cc3ccc(C)cc3)c3ccccc32)C1. The van der Waals surface area contributed by atoms with Crippen LogP contribution in [-0.2, 0) is 36.5 Å². The number of aryl methyl sites for hydroxylation is 1. The van der Waals surface area contributed by atoms with E-state index in [1.165, 1.54) is 0 Å². The summed E-state index contributed by atoms with van der Waals surface area (Å²) in [6, 6.07) is 14.7. The number of likely N-dealkylation sites (tertiary alicyclic amines) is 1. The minimum Gasteiger partial charge on any atom is -0.466 e. The lowest BCUT2D eigenvalue weighted by atomic mass is 9.98. The van der Waals surface area contributed by atoms with E-state index in [9.17, 15) is 18.0 Å². The van der Waals surface area contributed by atoms with E-state index in [-0.39, 0.29) is 35.0 Å². The number of amides is 1. The van der Waals surface area contributed by atoms with Crippen LogP contribution in [0.4, 0.5) is 0 Å². The molecule has 8 heteroatoms. The number of rotatable bonds is 7. The highest BCUT2D eigenvalue weighted by Crippen LogP contribution is 2.28. The maximum atomic E-state index is 13.3. The van der Waals surface area contributed by atoms with Crippen LogP contribution in [0.15, 0.2) is 59.6 Å². The van der Waals surface area contributed by atoms with Crippen LogP contribution in [0.1, 0.15) is 30.9 Å². The molecule has 0 N–H and O–H groups in total. The number of aromatic nitrogens is 1. The molecule has 2 heterocycles. The molecule has 0 aliphatic carbocycles. The fraction of sp³-hybridized carbons (Fsp3) is 0.385. The van der Waals surface area contributed by atoms with Gasteiger partial charge >= 0.3 is 5.97 Å². The van der Waals surface area contributed by atoms with Crippen molar-refractivity contribution < 1.29 is 22.7 Å². The highest BCUT2D eigenvalue weighted by atomic mass is 32.2. The van der Waals surface area contributed by atoms with Crippen LogP contribution < -0.4 is 0 Å². The molecule has 7 nitrogen and oxygen atoms in total. The van der Waals surface area contributed by atoms with Gasteiger partial charge < -0.3 is 14.2 Å². The number of nitrogens with zero attached hydrogens (tertiary/aromatic N) is 2. The van der Waals surface area contributed by atoms with E-state index in [1.54, 1.807) is 34.7 Å². The second-order valence-electron chi connectivity index (χ2n) is 8.81. The summed E-state index contributed by atoms with van der Waals surface area (Å²) in [6.45, 7) is 4.96. The van der Waals surface area contributed by atoms with Gasteiger partial charge in [-0.15, -0.1) is 0 Å². The minimum atomic E-state index is -3.63. The first-order valence-corrected chi connectivity index (χ1v) is 13.2. The van der Waals surface area contributed by atoms with E-state index in [0.29, 0.717) is 37.0 Å². The molecular weight excluding hydrogens is 452 g/mol. The Bertz CT molecular complexity index is 1290. The van der Waals surface area contributed by atoms with Gasteiger partial charge in [-0.2, -0.15) is 0 Å². The molecule has 0 spiro atoms. The number of para-hydroxylation sites is 1. The number of benzene rings is 2. The van der Waals surface area contributed by atoms with Crippen molar-refractivity contribution in [3.05, 3.63) is 65.9 Å². The van der Waals surface area contributed by atoms with Crippen molar-refractivity contribution in [3.8, 4) is 0 Å². The van der Waals surface area contributed by atoms with Gasteiger partial charge in [0.1, 0.15) is 6.54 Å². The predicted octanol–water partition coefficient (Wildman–Crippen LogP) is 3.73. The van der Waals surface area contributed by atoms with Gasteiger partial charge in [0.15, 0.2) is 9.84 Å². The summed E-state index contributed by atoms with van der Waals surface area (Å²) in [5, 5.41) is 0.602. The van der Waals surface area contributed by atoms with Crippen LogP contribution in [0.2, 0.25) is 0 Å². The Hall–Kier alpha value is -3.13. The lowest BCUT2D eigenvalue weighted by Crippen LogP contribution is -2.44. The monoisotopic (exact) mass is 482 g/mol. The summed E-state index contributed by atoms with van der Waals surface area (Å²) in [5.41, 5.74) is 2.48. The number of carbonyl (C=O) groups excluding carboxylic acids is 2. The van der Waals surface area contributed by atoms with Gasteiger partial charge in [0.2, 0.25) is 5.91 Å². The van der Waals surface area contributed by atoms with Crippen molar-refractivity contribution in [1.82, 2.24) is 9.47 Å². The van der Waals surface area contributed by atoms with Gasteiger partial charge in [-0.25, -0.2) is 8.42 Å². The van der Waals surface area contributed by atoms with Crippen LogP contribution in [0.5, 0.6) is 0 Å². The van der Waals surface area contributed by atoms with Crippen LogP contribution in [0.25, 0.3) is 10.9 Å². The molecule has 34 heavy (non-hydrogen) atoms. The highest BCUT2D eigenvalue weighted by Gasteiger charge is 2.30. The summed E-state index contributed by atoms with van der Waals surface area (Å²) in [6.07, 6.45) is 3.01. The van der Waals surface area contributed by atoms with Crippen LogP contribution >= 0.6 is 0 Å². The van der Waals surface area contributed by atoms with Gasteiger partial charge in [-0.05, 0) is 38.3 Å². The topological polar surface area (TPSA) is 85.7 Å². The number of hydrogen-bond acceptors (Lipinski definition) is 5. The lowest BCUT2D eigenvalue weighted by molar-refractivity contribution is -0.151. The minimum absolute atomic E-state index is 0.0100. The molecule has 1 fully saturated rings. The summed E-state index contributed by atoms with van der Waals surface area (Å²) in [4.78, 5) is 27.2. The molecule has 1 aliphatic heterocycles. The molecule has 0 radical (unpaired) electrons. The molecule has 3 aromatic rings. The number of hydrogen-bond donors (Lipinski definition) is 0. The molecule has 1 atom stereocenters. The fourth-order valence-electron chi connectivity index (χ4n) is 4.48. The van der Waals surface area contributed by atoms with E-state index >= 15 is 0 Å². The summed E-state index contributed by atoms with van der Waals surface area (Å²) < 4.78 is 33.5. The van der Waals surface area contributed by atoms with E-state index < -0.39 is 9.84 Å². The molecule has 180 valence electrons. The van der Waals surface area contributed by atoms with E-state index in [4.69, 9.17) is 4.74 Å². The lowest BCUT2D eigenvalue weighted by Gasteiger charge is -2.31. The number of esters is 1. The van der Waals surface area contributed by atoms with Crippen molar-refractivity contribution in [2.75, 3.05) is 19.7 Å². The maximum Gasteiger partial charge on any atom is 0.310 e. The van der Waals surface area contributed by atoms with Gasteiger partial charge in [0, 0.05) is 30.2 Å². The normalized spacial score (nSPS) is 16.5. The quantitative estimate of drug-likeness (QED) is 0.479. The fourth-order valence-corrected chi connectivity index (χ4v) is 6.06. The first-order valence-electron chi connectivity index (χ1n) is 11.6. The Labute approximate surface area is 200 Å². The smallest absolute Gasteiger partial charge is 0.310 e. The summed E-state index contributed by atoms with van der Waals surface area (Å²) >= 11 is 0. The Kier molecular flexibility index (Phi) is 7.07. The molecular formula is C26H30N2O5S. The number of sulfone groups is 1. The molecule has 0 saturated carbocycles. The Morgan fingerprint density at radius 1 is 1.09 bits per heavy atom. The van der Waals surface area contributed by atoms with Crippen LogP contribution in [0, 0.1) is 12.8 Å². The number of ether oxygens (including phenoxy) is 1. The van der Waals surface area contributed by atoms with Gasteiger partial charge in [0.25, 0.3) is 0 Å². The Balaban J connectivity index is 1.57. The third-order valence-corrected chi connectivity index (χ3v) is 7.97. The number of piperidine rings is 1. The average Bonchev–Trinajstić information content (AvgIpc) is 3.20. The molecule has 0 bridgehead atoms. The van der Waals surface area contributed by atoms with Crippen molar-refractivity contribution in [1.29, 1.82) is 0 Å². The third kappa shape index (κ3) is 5.17. The van der Waals surface area contributed by atoms with E-state index in [1.807, 2.05) is 43.3 Å². The highest BCUT2D eigenvalue weighted by molar-refractivity contribution is 7.90. The summed E-state index contributed by atoms with van der Waals surface area (Å²) in [7, 11) is -3.63. The zero-order chi connectivity index (χ0) is 24.3. The molecule has 1 unspecified atom stereocenters. The zero-order valence-corrected chi connectivity index (χ0v) is 20.4. The first kappa shape index (κ1) is 24.0. The van der Waals surface area contributed by atoms with Crippen molar-refractivity contribution in [2.24, 2.45) is 5.92 Å². The maximum absolute atomic E-state index is 13.3. The largest absolute Gasteiger partial charge is 0.466 e. The van der Waals surface area contributed by atoms with Crippen LogP contribution in [0.3, 0.4) is 0 Å². The standard InChI is InChI=1S/C26H30N2O5S/c1-3-33-26(30)21-7-6-14-27(15-21)25(29)17-28-16-24(22-8-4-5-9-23(22)28)34(31,32)18-20-12-10-19(2)11-13-20/h4-5,8-13,16,21H,3,6-7,14-15,17-18H2,1-2H3. The second kappa shape index (κ2) is 10.0. The number of fused-ring (bicyclic) bond motifs is 1. The average molecular weight is 483 g/mol. The Morgan fingerprint density at radius 2 is 1.82 bits per heavy atom. The first-order chi connectivity index (χ1) is 16.3. The predicted molar refractivity (Wildman–Crippen MR) is 130 cm³/mol. The zero-order valence-electron chi connectivity index (χ0n) is 19.6. The molecule has 2 aromatic carbocycles. The van der Waals surface area contributed by atoms with Gasteiger partial charge in [0.05, 0.1) is 23.2 Å². The number of carbonyl (C=O) groups is 2. The third-order valence-electron chi connectivity index (χ3n) is 6.26. The summed E-state index contributed by atoms with van der Waals surface area (Å²) in [5.74, 6) is -0.833. The van der Waals surface area contributed by atoms with E-state index in [0.717, 1.165) is 17.5 Å². The molecule has 1 aromatic heterocycles. The second-order valence-corrected chi connectivity index (χ2v) is 10.8. The molecule has 4 rings (SSSR count). The van der Waals surface area contributed by atoms with E-state index in [2.05, 4.69) is 0 Å². The van der Waals surface area contributed by atoms with Crippen LogP contribution in [-0.4, -0.2) is 49.5 Å². The van der Waals surface area contributed by atoms with Crippen molar-refractivity contribution >= 4 is 32.6 Å². The van der Waals surface area contributed by atoms with Crippen molar-refractivity contribution in [2.45, 2.75) is 43.9 Å². The molecule has 1 aliphatic rings. The molecule has 1 saturated heterocycles. The van der Waals surface area contributed by atoms with Gasteiger partial charge in [-0.3, -0.25) is 9.59 Å².